The minimum Gasteiger partial charge on any atom is -0.379 e. The zero-order valence-corrected chi connectivity index (χ0v) is 19.3. The number of carbonyl (C=O) groups excluding carboxylic acids is 2. The smallest absolute Gasteiger partial charge is 0.322 e. The number of thiazole rings is 1. The van der Waals surface area contributed by atoms with Gasteiger partial charge in [0.1, 0.15) is 10.7 Å². The molecule has 8 nitrogen and oxygen atoms in total. The van der Waals surface area contributed by atoms with Crippen LogP contribution in [0.25, 0.3) is 0 Å². The van der Waals surface area contributed by atoms with Crippen molar-refractivity contribution in [3.05, 3.63) is 45.4 Å². The molecular formula is C21H28ClN5O3S. The van der Waals surface area contributed by atoms with E-state index in [1.165, 1.54) is 11.3 Å². The lowest BCUT2D eigenvalue weighted by Crippen LogP contribution is -2.41. The fraction of sp³-hybridized carbons (Fsp3) is 0.476. The molecule has 3 amide bonds. The molecule has 1 aliphatic rings. The van der Waals surface area contributed by atoms with E-state index < -0.39 is 0 Å². The lowest BCUT2D eigenvalue weighted by molar-refractivity contribution is 0.0383. The number of hydrogen-bond donors (Lipinski definition) is 2. The maximum atomic E-state index is 12.8. The van der Waals surface area contributed by atoms with Crippen LogP contribution in [0.15, 0.2) is 29.6 Å². The molecule has 0 saturated carbocycles. The summed E-state index contributed by atoms with van der Waals surface area (Å²) in [6, 6.07) is 6.71. The van der Waals surface area contributed by atoms with Gasteiger partial charge in [0, 0.05) is 48.3 Å². The largest absolute Gasteiger partial charge is 0.379 e. The van der Waals surface area contributed by atoms with E-state index >= 15 is 0 Å². The SMILES string of the molecule is CC(C)N(Cc1nc(C(=O)NCCN2CCOCC2)cs1)C(=O)Nc1cccc(Cl)c1. The van der Waals surface area contributed by atoms with Crippen LogP contribution < -0.4 is 10.6 Å². The third kappa shape index (κ3) is 7.17. The number of amides is 3. The average Bonchev–Trinajstić information content (AvgIpc) is 3.21. The van der Waals surface area contributed by atoms with E-state index in [1.807, 2.05) is 13.8 Å². The first-order chi connectivity index (χ1) is 14.9. The highest BCUT2D eigenvalue weighted by molar-refractivity contribution is 7.09. The Labute approximate surface area is 191 Å². The summed E-state index contributed by atoms with van der Waals surface area (Å²) in [4.78, 5) is 33.5. The second-order valence-electron chi connectivity index (χ2n) is 7.50. The molecule has 2 aromatic rings. The molecule has 0 spiro atoms. The fourth-order valence-electron chi connectivity index (χ4n) is 3.13. The quantitative estimate of drug-likeness (QED) is 0.624. The van der Waals surface area contributed by atoms with Crippen LogP contribution in [0.3, 0.4) is 0 Å². The molecule has 0 atom stereocenters. The summed E-state index contributed by atoms with van der Waals surface area (Å²) < 4.78 is 5.33. The third-order valence-electron chi connectivity index (χ3n) is 4.87. The van der Waals surface area contributed by atoms with Crippen LogP contribution in [0.4, 0.5) is 10.5 Å². The molecule has 0 aliphatic carbocycles. The predicted molar refractivity (Wildman–Crippen MR) is 123 cm³/mol. The highest BCUT2D eigenvalue weighted by Crippen LogP contribution is 2.18. The van der Waals surface area contributed by atoms with Gasteiger partial charge in [-0.1, -0.05) is 17.7 Å². The second kappa shape index (κ2) is 11.4. The van der Waals surface area contributed by atoms with E-state index in [0.717, 1.165) is 32.8 Å². The van der Waals surface area contributed by atoms with Crippen LogP contribution in [-0.4, -0.2) is 72.2 Å². The lowest BCUT2D eigenvalue weighted by atomic mass is 10.3. The van der Waals surface area contributed by atoms with E-state index in [9.17, 15) is 9.59 Å². The molecule has 31 heavy (non-hydrogen) atoms. The first-order valence-corrected chi connectivity index (χ1v) is 11.5. The Hall–Kier alpha value is -2.20. The van der Waals surface area contributed by atoms with Gasteiger partial charge in [0.05, 0.1) is 19.8 Å². The number of rotatable bonds is 8. The number of hydrogen-bond acceptors (Lipinski definition) is 6. The van der Waals surface area contributed by atoms with Crippen molar-refractivity contribution in [2.24, 2.45) is 0 Å². The Morgan fingerprint density at radius 2 is 2.10 bits per heavy atom. The summed E-state index contributed by atoms with van der Waals surface area (Å²) in [5.74, 6) is -0.199. The zero-order valence-electron chi connectivity index (χ0n) is 17.8. The van der Waals surface area contributed by atoms with Crippen molar-refractivity contribution in [1.82, 2.24) is 20.1 Å². The van der Waals surface area contributed by atoms with Gasteiger partial charge in [-0.2, -0.15) is 0 Å². The number of benzene rings is 1. The predicted octanol–water partition coefficient (Wildman–Crippen LogP) is 3.30. The average molecular weight is 466 g/mol. The third-order valence-corrected chi connectivity index (χ3v) is 5.94. The first kappa shape index (κ1) is 23.5. The van der Waals surface area contributed by atoms with E-state index in [0.29, 0.717) is 34.5 Å². The number of halogens is 1. The molecule has 1 aliphatic heterocycles. The Bertz CT molecular complexity index is 885. The Morgan fingerprint density at radius 1 is 1.32 bits per heavy atom. The number of anilines is 1. The maximum absolute atomic E-state index is 12.8. The van der Waals surface area contributed by atoms with Crippen molar-refractivity contribution < 1.29 is 14.3 Å². The monoisotopic (exact) mass is 465 g/mol. The van der Waals surface area contributed by atoms with Crippen molar-refractivity contribution in [2.45, 2.75) is 26.4 Å². The summed E-state index contributed by atoms with van der Waals surface area (Å²) in [7, 11) is 0. The molecule has 3 rings (SSSR count). The molecule has 0 unspecified atom stereocenters. The zero-order chi connectivity index (χ0) is 22.2. The lowest BCUT2D eigenvalue weighted by Gasteiger charge is -2.26. The Morgan fingerprint density at radius 3 is 2.81 bits per heavy atom. The molecule has 0 radical (unpaired) electrons. The molecule has 2 heterocycles. The van der Waals surface area contributed by atoms with Gasteiger partial charge >= 0.3 is 6.03 Å². The molecular weight excluding hydrogens is 438 g/mol. The molecule has 168 valence electrons. The molecule has 1 saturated heterocycles. The number of urea groups is 1. The summed E-state index contributed by atoms with van der Waals surface area (Å²) >= 11 is 7.36. The van der Waals surface area contributed by atoms with Crippen molar-refractivity contribution in [2.75, 3.05) is 44.7 Å². The number of morpholine rings is 1. The van der Waals surface area contributed by atoms with Gasteiger partial charge in [0.15, 0.2) is 0 Å². The molecule has 1 fully saturated rings. The normalized spacial score (nSPS) is 14.5. The van der Waals surface area contributed by atoms with Crippen LogP contribution in [0.1, 0.15) is 29.3 Å². The van der Waals surface area contributed by atoms with Crippen LogP contribution in [0, 0.1) is 0 Å². The van der Waals surface area contributed by atoms with Crippen LogP contribution in [-0.2, 0) is 11.3 Å². The van der Waals surface area contributed by atoms with Gasteiger partial charge < -0.3 is 20.3 Å². The minimum atomic E-state index is -0.246. The number of nitrogens with one attached hydrogen (secondary N) is 2. The van der Waals surface area contributed by atoms with Gasteiger partial charge in [-0.15, -0.1) is 11.3 Å². The van der Waals surface area contributed by atoms with E-state index in [2.05, 4.69) is 20.5 Å². The van der Waals surface area contributed by atoms with Crippen molar-refractivity contribution in [1.29, 1.82) is 0 Å². The Kier molecular flexibility index (Phi) is 8.65. The van der Waals surface area contributed by atoms with Gasteiger partial charge in [0.25, 0.3) is 5.91 Å². The van der Waals surface area contributed by atoms with E-state index in [4.69, 9.17) is 16.3 Å². The summed E-state index contributed by atoms with van der Waals surface area (Å²) in [6.45, 7) is 8.78. The summed E-state index contributed by atoms with van der Waals surface area (Å²) in [6.07, 6.45) is 0. The number of carbonyl (C=O) groups is 2. The topological polar surface area (TPSA) is 86.8 Å². The summed E-state index contributed by atoms with van der Waals surface area (Å²) in [5, 5.41) is 8.76. The van der Waals surface area contributed by atoms with Crippen molar-refractivity contribution in [3.8, 4) is 0 Å². The van der Waals surface area contributed by atoms with Gasteiger partial charge in [-0.05, 0) is 32.0 Å². The molecule has 1 aromatic carbocycles. The van der Waals surface area contributed by atoms with E-state index in [1.54, 1.807) is 34.5 Å². The maximum Gasteiger partial charge on any atom is 0.322 e. The number of nitrogens with zero attached hydrogens (tertiary/aromatic N) is 3. The highest BCUT2D eigenvalue weighted by Gasteiger charge is 2.20. The first-order valence-electron chi connectivity index (χ1n) is 10.3. The Balaban J connectivity index is 1.53. The van der Waals surface area contributed by atoms with Gasteiger partial charge in [-0.3, -0.25) is 9.69 Å². The van der Waals surface area contributed by atoms with E-state index in [-0.39, 0.29) is 18.0 Å². The molecule has 1 aromatic heterocycles. The minimum absolute atomic E-state index is 0.0473. The van der Waals surface area contributed by atoms with Crippen molar-refractivity contribution in [3.63, 3.8) is 0 Å². The van der Waals surface area contributed by atoms with Gasteiger partial charge in [-0.25, -0.2) is 9.78 Å². The fourth-order valence-corrected chi connectivity index (χ4v) is 4.09. The van der Waals surface area contributed by atoms with Crippen LogP contribution in [0.2, 0.25) is 5.02 Å². The van der Waals surface area contributed by atoms with Crippen molar-refractivity contribution >= 4 is 40.6 Å². The number of aromatic nitrogens is 1. The van der Waals surface area contributed by atoms with Gasteiger partial charge in [0.2, 0.25) is 0 Å². The summed E-state index contributed by atoms with van der Waals surface area (Å²) in [5.41, 5.74) is 1.00. The van der Waals surface area contributed by atoms with Crippen LogP contribution >= 0.6 is 22.9 Å². The molecule has 2 N–H and O–H groups in total. The molecule has 0 bridgehead atoms. The molecule has 10 heteroatoms. The number of ether oxygens (including phenoxy) is 1. The second-order valence-corrected chi connectivity index (χ2v) is 8.88. The standard InChI is InChI=1S/C21H28ClN5O3S/c1-15(2)27(21(29)24-17-5-3-4-16(22)12-17)13-19-25-18(14-31-19)20(28)23-6-7-26-8-10-30-11-9-26/h3-5,12,14-15H,6-11,13H2,1-2H3,(H,23,28)(H,24,29). The van der Waals surface area contributed by atoms with Crippen LogP contribution in [0.5, 0.6) is 0 Å². The highest BCUT2D eigenvalue weighted by atomic mass is 35.5.